The third-order valence-corrected chi connectivity index (χ3v) is 5.51. The van der Waals surface area contributed by atoms with E-state index in [9.17, 15) is 9.59 Å². The molecule has 2 saturated heterocycles. The lowest BCUT2D eigenvalue weighted by Gasteiger charge is -2.53. The van der Waals surface area contributed by atoms with Crippen LogP contribution in [0, 0.1) is 0 Å². The van der Waals surface area contributed by atoms with Gasteiger partial charge in [0.15, 0.2) is 0 Å². The Hall–Kier alpha value is -2.54. The Morgan fingerprint density at radius 3 is 2.37 bits per heavy atom. The lowest BCUT2D eigenvalue weighted by atomic mass is 9.91. The van der Waals surface area contributed by atoms with E-state index in [0.29, 0.717) is 19.6 Å². The topological polar surface area (TPSA) is 62.3 Å². The highest BCUT2D eigenvalue weighted by Crippen LogP contribution is 2.29. The smallest absolute Gasteiger partial charge is 0.410 e. The van der Waals surface area contributed by atoms with Gasteiger partial charge in [0.1, 0.15) is 12.2 Å². The van der Waals surface area contributed by atoms with Gasteiger partial charge in [0.25, 0.3) is 0 Å². The molecule has 0 radical (unpaired) electrons. The fraction of sp³-hybridized carbons (Fsp3) is 0.565. The van der Waals surface area contributed by atoms with Crippen molar-refractivity contribution in [2.45, 2.75) is 51.5 Å². The summed E-state index contributed by atoms with van der Waals surface area (Å²) in [4.78, 5) is 30.7. The second-order valence-corrected chi connectivity index (χ2v) is 8.85. The van der Waals surface area contributed by atoms with Crippen LogP contribution in [0.2, 0.25) is 0 Å². The van der Waals surface area contributed by atoms with Gasteiger partial charge in [-0.25, -0.2) is 9.59 Å². The number of carbonyl (C=O) groups excluding carboxylic acids is 2. The molecule has 0 N–H and O–H groups in total. The van der Waals surface area contributed by atoms with E-state index < -0.39 is 5.60 Å². The van der Waals surface area contributed by atoms with Crippen molar-refractivity contribution in [3.63, 3.8) is 0 Å². The van der Waals surface area contributed by atoms with Crippen LogP contribution in [0.5, 0.6) is 0 Å². The molecule has 2 fully saturated rings. The highest BCUT2D eigenvalue weighted by molar-refractivity contribution is 5.70. The maximum Gasteiger partial charge on any atom is 0.410 e. The van der Waals surface area contributed by atoms with Gasteiger partial charge in [0, 0.05) is 38.8 Å². The molecule has 2 aliphatic rings. The number of nitrogens with zero attached hydrogens (tertiary/aromatic N) is 3. The molecular formula is C23H33N3O4. The minimum atomic E-state index is -0.507. The number of benzene rings is 1. The van der Waals surface area contributed by atoms with Crippen LogP contribution in [0.25, 0.3) is 0 Å². The van der Waals surface area contributed by atoms with Crippen LogP contribution in [0.4, 0.5) is 9.59 Å². The highest BCUT2D eigenvalue weighted by Gasteiger charge is 2.46. The third-order valence-electron chi connectivity index (χ3n) is 5.51. The first-order valence-electron chi connectivity index (χ1n) is 10.6. The van der Waals surface area contributed by atoms with Gasteiger partial charge in [-0.3, -0.25) is 4.90 Å². The first-order valence-corrected chi connectivity index (χ1v) is 10.6. The Labute approximate surface area is 179 Å². The minimum Gasteiger partial charge on any atom is -0.445 e. The van der Waals surface area contributed by atoms with Crippen molar-refractivity contribution in [2.24, 2.45) is 0 Å². The predicted octanol–water partition coefficient (Wildman–Crippen LogP) is 3.50. The summed E-state index contributed by atoms with van der Waals surface area (Å²) < 4.78 is 11.0. The van der Waals surface area contributed by atoms with E-state index >= 15 is 0 Å². The first kappa shape index (κ1) is 22.2. The van der Waals surface area contributed by atoms with Crippen molar-refractivity contribution in [3.05, 3.63) is 48.6 Å². The monoisotopic (exact) mass is 415 g/mol. The number of piperazine rings is 1. The Kier molecular flexibility index (Phi) is 7.02. The molecule has 2 heterocycles. The van der Waals surface area contributed by atoms with Crippen molar-refractivity contribution in [3.8, 4) is 0 Å². The SMILES string of the molecule is C=CC[C@@H]1[C@H](N2CCN(C(=O)OCc3ccccc3)CC2)CN1C(=O)OC(C)(C)C. The van der Waals surface area contributed by atoms with E-state index in [-0.39, 0.29) is 30.9 Å². The van der Waals surface area contributed by atoms with E-state index in [4.69, 9.17) is 9.47 Å². The second-order valence-electron chi connectivity index (χ2n) is 8.85. The fourth-order valence-electron chi connectivity index (χ4n) is 3.92. The molecule has 7 nitrogen and oxygen atoms in total. The normalized spacial score (nSPS) is 22.2. The Bertz CT molecular complexity index is 739. The first-order chi connectivity index (χ1) is 14.3. The van der Waals surface area contributed by atoms with E-state index in [2.05, 4.69) is 11.5 Å². The number of ether oxygens (including phenoxy) is 2. The van der Waals surface area contributed by atoms with Gasteiger partial charge in [0.2, 0.25) is 0 Å². The Morgan fingerprint density at radius 2 is 1.77 bits per heavy atom. The molecule has 3 rings (SSSR count). The maximum absolute atomic E-state index is 12.5. The van der Waals surface area contributed by atoms with Gasteiger partial charge in [-0.1, -0.05) is 36.4 Å². The van der Waals surface area contributed by atoms with E-state index in [1.165, 1.54) is 0 Å². The molecule has 0 aromatic heterocycles. The molecule has 1 aromatic carbocycles. The largest absolute Gasteiger partial charge is 0.445 e. The van der Waals surface area contributed by atoms with Gasteiger partial charge in [0.05, 0.1) is 6.04 Å². The molecule has 0 aliphatic carbocycles. The van der Waals surface area contributed by atoms with Gasteiger partial charge < -0.3 is 19.3 Å². The summed E-state index contributed by atoms with van der Waals surface area (Å²) in [5, 5.41) is 0. The van der Waals surface area contributed by atoms with Gasteiger partial charge >= 0.3 is 12.2 Å². The van der Waals surface area contributed by atoms with Crippen LogP contribution in [0.15, 0.2) is 43.0 Å². The van der Waals surface area contributed by atoms with Crippen molar-refractivity contribution in [1.82, 2.24) is 14.7 Å². The summed E-state index contributed by atoms with van der Waals surface area (Å²) in [5.41, 5.74) is 0.473. The predicted molar refractivity (Wildman–Crippen MR) is 115 cm³/mol. The fourth-order valence-corrected chi connectivity index (χ4v) is 3.92. The maximum atomic E-state index is 12.5. The number of hydrogen-bond donors (Lipinski definition) is 0. The molecule has 1 aromatic rings. The number of carbonyl (C=O) groups is 2. The molecule has 2 amide bonds. The molecule has 0 unspecified atom stereocenters. The summed E-state index contributed by atoms with van der Waals surface area (Å²) in [5.74, 6) is 0. The van der Waals surface area contributed by atoms with Gasteiger partial charge in [-0.15, -0.1) is 6.58 Å². The van der Waals surface area contributed by atoms with E-state index in [1.54, 1.807) is 9.80 Å². The summed E-state index contributed by atoms with van der Waals surface area (Å²) >= 11 is 0. The zero-order valence-corrected chi connectivity index (χ0v) is 18.3. The van der Waals surface area contributed by atoms with Crippen LogP contribution in [0.1, 0.15) is 32.8 Å². The van der Waals surface area contributed by atoms with Crippen molar-refractivity contribution in [1.29, 1.82) is 0 Å². The molecule has 2 aliphatic heterocycles. The van der Waals surface area contributed by atoms with Crippen LogP contribution in [-0.2, 0) is 16.1 Å². The number of amides is 2. The summed E-state index contributed by atoms with van der Waals surface area (Å²) in [6, 6.07) is 10.0. The molecule has 30 heavy (non-hydrogen) atoms. The standard InChI is InChI=1S/C23H33N3O4/c1-5-9-19-20(16-26(19)22(28)30-23(2,3)4)24-12-14-25(15-13-24)21(27)29-17-18-10-7-6-8-11-18/h5-8,10-11,19-20H,1,9,12-17H2,2-4H3/t19-,20-/m1/s1. The summed E-state index contributed by atoms with van der Waals surface area (Å²) in [6.45, 7) is 13.2. The molecule has 0 bridgehead atoms. The molecule has 0 saturated carbocycles. The molecule has 7 heteroatoms. The van der Waals surface area contributed by atoms with Crippen LogP contribution in [-0.4, -0.2) is 77.3 Å². The van der Waals surface area contributed by atoms with Crippen LogP contribution in [0.3, 0.4) is 0 Å². The zero-order chi connectivity index (χ0) is 21.7. The highest BCUT2D eigenvalue weighted by atomic mass is 16.6. The van der Waals surface area contributed by atoms with Crippen molar-refractivity contribution in [2.75, 3.05) is 32.7 Å². The lowest BCUT2D eigenvalue weighted by Crippen LogP contribution is -2.70. The molecular weight excluding hydrogens is 382 g/mol. The van der Waals surface area contributed by atoms with Gasteiger partial charge in [-0.2, -0.15) is 0 Å². The summed E-state index contributed by atoms with van der Waals surface area (Å²) in [6.07, 6.45) is 2.04. The molecule has 0 spiro atoms. The lowest BCUT2D eigenvalue weighted by molar-refractivity contribution is -0.0574. The number of hydrogen-bond acceptors (Lipinski definition) is 5. The number of rotatable bonds is 5. The van der Waals surface area contributed by atoms with Crippen molar-refractivity contribution >= 4 is 12.2 Å². The van der Waals surface area contributed by atoms with E-state index in [1.807, 2.05) is 57.2 Å². The average Bonchev–Trinajstić information content (AvgIpc) is 2.69. The number of likely N-dealkylation sites (tertiary alicyclic amines) is 1. The van der Waals surface area contributed by atoms with E-state index in [0.717, 1.165) is 25.1 Å². The van der Waals surface area contributed by atoms with Gasteiger partial charge in [-0.05, 0) is 32.8 Å². The molecule has 2 atom stereocenters. The summed E-state index contributed by atoms with van der Waals surface area (Å²) in [7, 11) is 0. The average molecular weight is 416 g/mol. The van der Waals surface area contributed by atoms with Crippen LogP contribution >= 0.6 is 0 Å². The van der Waals surface area contributed by atoms with Crippen LogP contribution < -0.4 is 0 Å². The van der Waals surface area contributed by atoms with Crippen molar-refractivity contribution < 1.29 is 19.1 Å². The quantitative estimate of drug-likeness (QED) is 0.689. The zero-order valence-electron chi connectivity index (χ0n) is 18.3. The Morgan fingerprint density at radius 1 is 1.10 bits per heavy atom. The minimum absolute atomic E-state index is 0.0638. The third kappa shape index (κ3) is 5.53. The molecule has 164 valence electrons. The Balaban J connectivity index is 1.47. The second kappa shape index (κ2) is 9.51.